The number of piperazine rings is 1. The van der Waals surface area contributed by atoms with Gasteiger partial charge in [0.25, 0.3) is 0 Å². The third kappa shape index (κ3) is 4.67. The molecule has 1 saturated heterocycles. The van der Waals surface area contributed by atoms with Crippen LogP contribution in [0.5, 0.6) is 0 Å². The van der Waals surface area contributed by atoms with Gasteiger partial charge in [0.1, 0.15) is 17.5 Å². The Balaban J connectivity index is 1.35. The number of anilines is 1. The fourth-order valence-corrected chi connectivity index (χ4v) is 4.69. The molecule has 4 rings (SSSR count). The van der Waals surface area contributed by atoms with Crippen LogP contribution in [0.15, 0.2) is 9.05 Å². The average molecular weight is 413 g/mol. The van der Waals surface area contributed by atoms with Crippen LogP contribution >= 0.6 is 0 Å². The van der Waals surface area contributed by atoms with Gasteiger partial charge in [-0.3, -0.25) is 4.90 Å². The summed E-state index contributed by atoms with van der Waals surface area (Å²) in [5.74, 6) is 2.62. The van der Waals surface area contributed by atoms with Crippen LogP contribution in [0.3, 0.4) is 0 Å². The van der Waals surface area contributed by atoms with E-state index < -0.39 is 0 Å². The molecule has 0 amide bonds. The van der Waals surface area contributed by atoms with Gasteiger partial charge in [0.05, 0.1) is 0 Å². The van der Waals surface area contributed by atoms with Crippen LogP contribution < -0.4 is 4.90 Å². The summed E-state index contributed by atoms with van der Waals surface area (Å²) in [6.07, 6.45) is 8.69. The molecule has 0 bridgehead atoms. The maximum absolute atomic E-state index is 9.62. The number of aromatic nitrogens is 3. The first kappa shape index (κ1) is 20.9. The molecule has 0 spiro atoms. The van der Waals surface area contributed by atoms with Crippen molar-refractivity contribution in [3.63, 3.8) is 0 Å². The lowest BCUT2D eigenvalue weighted by Gasteiger charge is -2.34. The first-order valence-electron chi connectivity index (χ1n) is 11.3. The van der Waals surface area contributed by atoms with Crippen LogP contribution in [0.2, 0.25) is 0 Å². The minimum absolute atomic E-state index is 0.354. The number of aryl methyl sites for hydroxylation is 1. The van der Waals surface area contributed by atoms with E-state index in [0.717, 1.165) is 68.8 Å². The molecular weight excluding hydrogens is 380 g/mol. The van der Waals surface area contributed by atoms with Crippen LogP contribution in [0.1, 0.15) is 80.8 Å². The predicted octanol–water partition coefficient (Wildman–Crippen LogP) is 4.02. The van der Waals surface area contributed by atoms with Gasteiger partial charge >= 0.3 is 0 Å². The van der Waals surface area contributed by atoms with Gasteiger partial charge < -0.3 is 9.32 Å². The number of nitrogens with zero attached hydrogens (tertiary/aromatic N) is 6. The molecule has 0 unspecified atom stereocenters. The monoisotopic (exact) mass is 412 g/mol. The molecule has 2 aromatic rings. The summed E-state index contributed by atoms with van der Waals surface area (Å²) in [4.78, 5) is 9.07. The van der Waals surface area contributed by atoms with Gasteiger partial charge in [-0.2, -0.15) is 5.26 Å². The topological polar surface area (TPSA) is 95.2 Å². The zero-order valence-corrected chi connectivity index (χ0v) is 18.1. The van der Waals surface area contributed by atoms with E-state index in [1.807, 2.05) is 6.92 Å². The third-order valence-electron chi connectivity index (χ3n) is 6.67. The Kier molecular flexibility index (Phi) is 6.68. The highest BCUT2D eigenvalue weighted by atomic mass is 16.6. The molecule has 0 aromatic carbocycles. The fraction of sp³-hybridized carbons (Fsp3) is 0.727. The van der Waals surface area contributed by atoms with Gasteiger partial charge in [-0.1, -0.05) is 36.5 Å². The van der Waals surface area contributed by atoms with Crippen LogP contribution in [0, 0.1) is 24.2 Å². The second-order valence-corrected chi connectivity index (χ2v) is 8.74. The average Bonchev–Trinajstić information content (AvgIpc) is 3.39. The van der Waals surface area contributed by atoms with Crippen LogP contribution in [0.4, 0.5) is 5.88 Å². The Morgan fingerprint density at radius 1 is 1.10 bits per heavy atom. The second-order valence-electron chi connectivity index (χ2n) is 8.74. The fourth-order valence-electron chi connectivity index (χ4n) is 4.69. The third-order valence-corrected chi connectivity index (χ3v) is 6.67. The van der Waals surface area contributed by atoms with Crippen LogP contribution in [-0.2, 0) is 6.54 Å². The largest absolute Gasteiger partial charge is 0.423 e. The van der Waals surface area contributed by atoms with Gasteiger partial charge in [0.2, 0.25) is 17.5 Å². The number of oxazole rings is 1. The second kappa shape index (κ2) is 9.61. The quantitative estimate of drug-likeness (QED) is 0.673. The Labute approximate surface area is 178 Å². The van der Waals surface area contributed by atoms with Crippen molar-refractivity contribution < 1.29 is 9.05 Å². The van der Waals surface area contributed by atoms with Gasteiger partial charge in [0, 0.05) is 38.6 Å². The van der Waals surface area contributed by atoms with E-state index in [4.69, 9.17) is 9.05 Å². The molecule has 8 nitrogen and oxygen atoms in total. The zero-order valence-electron chi connectivity index (χ0n) is 18.1. The smallest absolute Gasteiger partial charge is 0.234 e. The molecule has 2 fully saturated rings. The van der Waals surface area contributed by atoms with Crippen molar-refractivity contribution in [2.24, 2.45) is 5.92 Å². The molecular formula is C22H32N6O2. The van der Waals surface area contributed by atoms with Gasteiger partial charge in [-0.25, -0.2) is 9.61 Å². The SMILES string of the molecule is CCCCC1CCC(c2nc(C#N)c(N3CCN(Cc4nonc4C)CC3)o2)CC1. The van der Waals surface area contributed by atoms with E-state index in [1.165, 1.54) is 32.1 Å². The van der Waals surface area contributed by atoms with Crippen molar-refractivity contribution in [3.8, 4) is 6.07 Å². The standard InChI is InChI=1S/C22H32N6O2/c1-3-4-5-17-6-8-18(9-7-17)21-24-19(14-23)22(29-21)28-12-10-27(11-13-28)15-20-16(2)25-30-26-20/h17-18H,3-13,15H2,1-2H3. The number of hydrogen-bond acceptors (Lipinski definition) is 8. The first-order chi connectivity index (χ1) is 14.7. The van der Waals surface area contributed by atoms with Gasteiger partial charge in [0.15, 0.2) is 0 Å². The molecule has 162 valence electrons. The van der Waals surface area contributed by atoms with Crippen LogP contribution in [-0.4, -0.2) is 46.4 Å². The maximum Gasteiger partial charge on any atom is 0.234 e. The summed E-state index contributed by atoms with van der Waals surface area (Å²) in [7, 11) is 0. The molecule has 2 aromatic heterocycles. The lowest BCUT2D eigenvalue weighted by atomic mass is 9.80. The van der Waals surface area contributed by atoms with Crippen molar-refractivity contribution in [2.45, 2.75) is 71.3 Å². The van der Waals surface area contributed by atoms with Crippen molar-refractivity contribution in [2.75, 3.05) is 31.1 Å². The highest BCUT2D eigenvalue weighted by molar-refractivity contribution is 5.48. The van der Waals surface area contributed by atoms with E-state index in [-0.39, 0.29) is 0 Å². The lowest BCUT2D eigenvalue weighted by molar-refractivity contribution is 0.232. The Bertz CT molecular complexity index is 853. The molecule has 30 heavy (non-hydrogen) atoms. The van der Waals surface area contributed by atoms with Crippen LogP contribution in [0.25, 0.3) is 0 Å². The molecule has 0 atom stereocenters. The van der Waals surface area contributed by atoms with E-state index >= 15 is 0 Å². The minimum atomic E-state index is 0.354. The minimum Gasteiger partial charge on any atom is -0.423 e. The lowest BCUT2D eigenvalue weighted by Crippen LogP contribution is -2.46. The number of unbranched alkanes of at least 4 members (excludes halogenated alkanes) is 1. The number of rotatable bonds is 7. The normalized spacial score (nSPS) is 22.9. The number of hydrogen-bond donors (Lipinski definition) is 0. The van der Waals surface area contributed by atoms with E-state index in [9.17, 15) is 5.26 Å². The Morgan fingerprint density at radius 2 is 1.87 bits per heavy atom. The summed E-state index contributed by atoms with van der Waals surface area (Å²) in [5, 5.41) is 17.4. The summed E-state index contributed by atoms with van der Waals surface area (Å²) in [5.41, 5.74) is 2.16. The van der Waals surface area contributed by atoms with Crippen molar-refractivity contribution >= 4 is 5.88 Å². The van der Waals surface area contributed by atoms with Gasteiger partial charge in [-0.05, 0) is 38.5 Å². The molecule has 8 heteroatoms. The molecule has 3 heterocycles. The predicted molar refractivity (Wildman–Crippen MR) is 112 cm³/mol. The molecule has 1 aliphatic heterocycles. The molecule has 1 saturated carbocycles. The zero-order chi connectivity index (χ0) is 20.9. The van der Waals surface area contributed by atoms with Gasteiger partial charge in [-0.15, -0.1) is 0 Å². The van der Waals surface area contributed by atoms with E-state index in [0.29, 0.717) is 17.5 Å². The Morgan fingerprint density at radius 3 is 2.50 bits per heavy atom. The van der Waals surface area contributed by atoms with E-state index in [1.54, 1.807) is 0 Å². The molecule has 0 radical (unpaired) electrons. The molecule has 2 aliphatic rings. The van der Waals surface area contributed by atoms with E-state index in [2.05, 4.69) is 38.1 Å². The maximum atomic E-state index is 9.62. The molecule has 0 N–H and O–H groups in total. The van der Waals surface area contributed by atoms with Crippen molar-refractivity contribution in [3.05, 3.63) is 23.0 Å². The van der Waals surface area contributed by atoms with Crippen molar-refractivity contribution in [1.29, 1.82) is 5.26 Å². The summed E-state index contributed by atoms with van der Waals surface area (Å²) in [6.45, 7) is 8.25. The summed E-state index contributed by atoms with van der Waals surface area (Å²) >= 11 is 0. The first-order valence-corrected chi connectivity index (χ1v) is 11.3. The summed E-state index contributed by atoms with van der Waals surface area (Å²) < 4.78 is 11.0. The highest BCUT2D eigenvalue weighted by Gasteiger charge is 2.30. The van der Waals surface area contributed by atoms with Crippen molar-refractivity contribution in [1.82, 2.24) is 20.2 Å². The Hall–Kier alpha value is -2.40. The highest BCUT2D eigenvalue weighted by Crippen LogP contribution is 2.39. The number of nitriles is 1. The summed E-state index contributed by atoms with van der Waals surface area (Å²) in [6, 6.07) is 2.25. The molecule has 1 aliphatic carbocycles.